The summed E-state index contributed by atoms with van der Waals surface area (Å²) in [6.45, 7) is 2.67. The SMILES string of the molecule is CCNC(CCC(F)(F)F)C1(c2ccccc2)CCCC1. The summed E-state index contributed by atoms with van der Waals surface area (Å²) in [5.41, 5.74) is 1.05. The molecular formula is C17H24F3N. The molecule has 1 aliphatic rings. The summed E-state index contributed by atoms with van der Waals surface area (Å²) in [5.74, 6) is 0. The van der Waals surface area contributed by atoms with E-state index in [9.17, 15) is 13.2 Å². The Morgan fingerprint density at radius 3 is 2.29 bits per heavy atom. The zero-order chi connectivity index (χ0) is 15.3. The van der Waals surface area contributed by atoms with Crippen LogP contribution in [-0.2, 0) is 5.41 Å². The molecule has 1 aliphatic carbocycles. The van der Waals surface area contributed by atoms with Crippen molar-refractivity contribution in [1.82, 2.24) is 5.32 Å². The van der Waals surface area contributed by atoms with Gasteiger partial charge in [-0.3, -0.25) is 0 Å². The third kappa shape index (κ3) is 4.00. The highest BCUT2D eigenvalue weighted by atomic mass is 19.4. The molecule has 1 unspecified atom stereocenters. The van der Waals surface area contributed by atoms with Crippen molar-refractivity contribution in [2.45, 2.75) is 63.1 Å². The summed E-state index contributed by atoms with van der Waals surface area (Å²) < 4.78 is 37.9. The van der Waals surface area contributed by atoms with E-state index in [4.69, 9.17) is 0 Å². The Bertz CT molecular complexity index is 421. The van der Waals surface area contributed by atoms with Crippen LogP contribution < -0.4 is 5.32 Å². The second-order valence-electron chi connectivity index (χ2n) is 5.99. The number of likely N-dealkylation sites (N-methyl/N-ethyl adjacent to an activating group) is 1. The molecule has 1 nitrogen and oxygen atoms in total. The predicted molar refractivity (Wildman–Crippen MR) is 79.3 cm³/mol. The standard InChI is InChI=1S/C17H24F3N/c1-2-21-15(10-13-17(18,19)20)16(11-6-7-12-16)14-8-4-3-5-9-14/h3-5,8-9,15,21H,2,6-7,10-13H2,1H3. The summed E-state index contributed by atoms with van der Waals surface area (Å²) in [7, 11) is 0. The van der Waals surface area contributed by atoms with Crippen molar-refractivity contribution in [3.05, 3.63) is 35.9 Å². The van der Waals surface area contributed by atoms with Gasteiger partial charge in [0.15, 0.2) is 0 Å². The van der Waals surface area contributed by atoms with Gasteiger partial charge in [0.25, 0.3) is 0 Å². The lowest BCUT2D eigenvalue weighted by atomic mass is 9.71. The fourth-order valence-corrected chi connectivity index (χ4v) is 3.74. The number of rotatable bonds is 6. The molecule has 1 N–H and O–H groups in total. The molecule has 118 valence electrons. The number of hydrogen-bond acceptors (Lipinski definition) is 1. The summed E-state index contributed by atoms with van der Waals surface area (Å²) in [4.78, 5) is 0. The highest BCUT2D eigenvalue weighted by Crippen LogP contribution is 2.45. The maximum absolute atomic E-state index is 12.6. The number of hydrogen-bond donors (Lipinski definition) is 1. The van der Waals surface area contributed by atoms with Gasteiger partial charge in [0.05, 0.1) is 0 Å². The van der Waals surface area contributed by atoms with Crippen LogP contribution in [0, 0.1) is 0 Å². The van der Waals surface area contributed by atoms with Crippen LogP contribution in [0.3, 0.4) is 0 Å². The number of halogens is 3. The molecule has 1 aromatic carbocycles. The Hall–Kier alpha value is -1.03. The first-order valence-electron chi connectivity index (χ1n) is 7.83. The molecule has 0 aromatic heterocycles. The van der Waals surface area contributed by atoms with E-state index in [1.807, 2.05) is 25.1 Å². The Labute approximate surface area is 124 Å². The molecule has 0 amide bonds. The van der Waals surface area contributed by atoms with Gasteiger partial charge in [-0.15, -0.1) is 0 Å². The van der Waals surface area contributed by atoms with Crippen molar-refractivity contribution in [3.8, 4) is 0 Å². The molecule has 1 fully saturated rings. The molecule has 0 saturated heterocycles. The topological polar surface area (TPSA) is 12.0 Å². The highest BCUT2D eigenvalue weighted by molar-refractivity contribution is 5.29. The van der Waals surface area contributed by atoms with Crippen molar-refractivity contribution in [3.63, 3.8) is 0 Å². The van der Waals surface area contributed by atoms with Gasteiger partial charge in [0.1, 0.15) is 0 Å². The minimum Gasteiger partial charge on any atom is -0.313 e. The minimum absolute atomic E-state index is 0.103. The summed E-state index contributed by atoms with van der Waals surface area (Å²) in [6.07, 6.45) is -0.472. The largest absolute Gasteiger partial charge is 0.389 e. The third-order valence-electron chi connectivity index (χ3n) is 4.68. The van der Waals surface area contributed by atoms with Gasteiger partial charge < -0.3 is 5.32 Å². The molecule has 0 radical (unpaired) electrons. The quantitative estimate of drug-likeness (QED) is 0.794. The summed E-state index contributed by atoms with van der Waals surface area (Å²) >= 11 is 0. The van der Waals surface area contributed by atoms with E-state index in [2.05, 4.69) is 17.4 Å². The van der Waals surface area contributed by atoms with Crippen LogP contribution in [0.2, 0.25) is 0 Å². The van der Waals surface area contributed by atoms with Gasteiger partial charge in [0, 0.05) is 17.9 Å². The molecule has 0 heterocycles. The van der Waals surface area contributed by atoms with E-state index in [-0.39, 0.29) is 17.9 Å². The van der Waals surface area contributed by atoms with Gasteiger partial charge in [-0.25, -0.2) is 0 Å². The fraction of sp³-hybridized carbons (Fsp3) is 0.647. The monoisotopic (exact) mass is 299 g/mol. The first-order valence-corrected chi connectivity index (χ1v) is 7.83. The zero-order valence-corrected chi connectivity index (χ0v) is 12.5. The highest BCUT2D eigenvalue weighted by Gasteiger charge is 2.43. The molecular weight excluding hydrogens is 275 g/mol. The van der Waals surface area contributed by atoms with E-state index in [1.54, 1.807) is 0 Å². The molecule has 0 spiro atoms. The van der Waals surface area contributed by atoms with E-state index in [1.165, 1.54) is 5.56 Å². The molecule has 0 aliphatic heterocycles. The maximum Gasteiger partial charge on any atom is 0.389 e. The van der Waals surface area contributed by atoms with Crippen LogP contribution in [0.25, 0.3) is 0 Å². The minimum atomic E-state index is -4.08. The van der Waals surface area contributed by atoms with Crippen LogP contribution in [0.5, 0.6) is 0 Å². The van der Waals surface area contributed by atoms with Crippen LogP contribution in [0.15, 0.2) is 30.3 Å². The number of benzene rings is 1. The van der Waals surface area contributed by atoms with Gasteiger partial charge in [-0.1, -0.05) is 50.1 Å². The van der Waals surface area contributed by atoms with E-state index >= 15 is 0 Å². The zero-order valence-electron chi connectivity index (χ0n) is 12.5. The van der Waals surface area contributed by atoms with Gasteiger partial charge in [-0.05, 0) is 31.4 Å². The van der Waals surface area contributed by atoms with Gasteiger partial charge in [0.2, 0.25) is 0 Å². The van der Waals surface area contributed by atoms with E-state index in [0.29, 0.717) is 6.54 Å². The van der Waals surface area contributed by atoms with Crippen LogP contribution in [0.4, 0.5) is 13.2 Å². The van der Waals surface area contributed by atoms with Crippen molar-refractivity contribution in [2.24, 2.45) is 0 Å². The Balaban J connectivity index is 2.24. The molecule has 2 rings (SSSR count). The Kier molecular flexibility index (Phi) is 5.31. The normalized spacial score (nSPS) is 19.6. The summed E-state index contributed by atoms with van der Waals surface area (Å²) in [6, 6.07) is 9.98. The average Bonchev–Trinajstić information content (AvgIpc) is 2.94. The van der Waals surface area contributed by atoms with Gasteiger partial charge >= 0.3 is 6.18 Å². The molecule has 0 bridgehead atoms. The van der Waals surface area contributed by atoms with Crippen LogP contribution in [0.1, 0.15) is 51.0 Å². The number of alkyl halides is 3. The third-order valence-corrected chi connectivity index (χ3v) is 4.68. The predicted octanol–water partition coefficient (Wildman–Crippen LogP) is 4.82. The lowest BCUT2D eigenvalue weighted by Gasteiger charge is -2.39. The van der Waals surface area contributed by atoms with E-state index in [0.717, 1.165) is 25.7 Å². The van der Waals surface area contributed by atoms with Crippen LogP contribution in [-0.4, -0.2) is 18.8 Å². The lowest BCUT2D eigenvalue weighted by molar-refractivity contribution is -0.137. The fourth-order valence-electron chi connectivity index (χ4n) is 3.74. The van der Waals surface area contributed by atoms with Crippen molar-refractivity contribution >= 4 is 0 Å². The smallest absolute Gasteiger partial charge is 0.313 e. The molecule has 1 aromatic rings. The molecule has 1 atom stereocenters. The van der Waals surface area contributed by atoms with Crippen LogP contribution >= 0.6 is 0 Å². The van der Waals surface area contributed by atoms with Crippen molar-refractivity contribution < 1.29 is 13.2 Å². The van der Waals surface area contributed by atoms with Gasteiger partial charge in [-0.2, -0.15) is 13.2 Å². The molecule has 4 heteroatoms. The second kappa shape index (κ2) is 6.82. The molecule has 21 heavy (non-hydrogen) atoms. The number of nitrogens with one attached hydrogen (secondary N) is 1. The maximum atomic E-state index is 12.6. The first-order chi connectivity index (χ1) is 9.98. The Morgan fingerprint density at radius 1 is 1.14 bits per heavy atom. The van der Waals surface area contributed by atoms with E-state index < -0.39 is 12.6 Å². The average molecular weight is 299 g/mol. The summed E-state index contributed by atoms with van der Waals surface area (Å²) in [5, 5.41) is 3.34. The lowest BCUT2D eigenvalue weighted by Crippen LogP contribution is -2.47. The van der Waals surface area contributed by atoms with Crippen molar-refractivity contribution in [1.29, 1.82) is 0 Å². The first kappa shape index (κ1) is 16.3. The second-order valence-corrected chi connectivity index (χ2v) is 5.99. The molecule has 1 saturated carbocycles. The Morgan fingerprint density at radius 2 is 1.76 bits per heavy atom. The van der Waals surface area contributed by atoms with Crippen molar-refractivity contribution in [2.75, 3.05) is 6.54 Å².